The highest BCUT2D eigenvalue weighted by Crippen LogP contribution is 2.20. The average molecular weight is 258 g/mol. The van der Waals surface area contributed by atoms with Crippen LogP contribution in [0.3, 0.4) is 0 Å². The van der Waals surface area contributed by atoms with E-state index < -0.39 is 0 Å². The predicted octanol–water partition coefficient (Wildman–Crippen LogP) is 2.92. The van der Waals surface area contributed by atoms with Gasteiger partial charge in [0.15, 0.2) is 0 Å². The molecule has 0 aliphatic carbocycles. The minimum Gasteiger partial charge on any atom is -0.378 e. The summed E-state index contributed by atoms with van der Waals surface area (Å²) in [5, 5.41) is 0.547. The van der Waals surface area contributed by atoms with Gasteiger partial charge in [-0.3, -0.25) is 0 Å². The first kappa shape index (κ1) is 12.8. The van der Waals surface area contributed by atoms with Crippen LogP contribution in [0.15, 0.2) is 18.2 Å². The molecular weight excluding hydrogens is 241 g/mol. The maximum atomic E-state index is 13.5. The van der Waals surface area contributed by atoms with Gasteiger partial charge in [0.1, 0.15) is 5.82 Å². The Morgan fingerprint density at radius 2 is 2.35 bits per heavy atom. The van der Waals surface area contributed by atoms with Gasteiger partial charge in [0.25, 0.3) is 0 Å². The van der Waals surface area contributed by atoms with Gasteiger partial charge in [0.05, 0.1) is 6.10 Å². The first-order chi connectivity index (χ1) is 8.15. The van der Waals surface area contributed by atoms with Crippen LogP contribution in [0, 0.1) is 5.82 Å². The van der Waals surface area contributed by atoms with Crippen molar-refractivity contribution in [2.24, 2.45) is 5.73 Å². The summed E-state index contributed by atoms with van der Waals surface area (Å²) >= 11 is 5.84. The van der Waals surface area contributed by atoms with Gasteiger partial charge < -0.3 is 10.5 Å². The second-order valence-corrected chi connectivity index (χ2v) is 5.01. The van der Waals surface area contributed by atoms with Gasteiger partial charge in [-0.1, -0.05) is 11.6 Å². The van der Waals surface area contributed by atoms with Crippen LogP contribution in [0.2, 0.25) is 5.02 Å². The summed E-state index contributed by atoms with van der Waals surface area (Å²) in [4.78, 5) is 0. The Morgan fingerprint density at radius 1 is 1.53 bits per heavy atom. The number of hydrogen-bond acceptors (Lipinski definition) is 2. The normalized spacial score (nSPS) is 21.7. The molecule has 2 N–H and O–H groups in total. The third kappa shape index (κ3) is 3.66. The van der Waals surface area contributed by atoms with Crippen molar-refractivity contribution in [2.75, 3.05) is 6.61 Å². The van der Waals surface area contributed by atoms with E-state index in [1.807, 2.05) is 0 Å². The molecule has 1 saturated heterocycles. The standard InChI is InChI=1S/C13H17ClFNO/c14-10-3-4-13(15)9(6-10)7-11(16)8-12-2-1-5-17-12/h3-4,6,11-12H,1-2,5,7-8,16H2. The van der Waals surface area contributed by atoms with E-state index in [1.54, 1.807) is 12.1 Å². The van der Waals surface area contributed by atoms with Gasteiger partial charge in [-0.25, -0.2) is 4.39 Å². The lowest BCUT2D eigenvalue weighted by molar-refractivity contribution is 0.0982. The van der Waals surface area contributed by atoms with Crippen molar-refractivity contribution in [1.82, 2.24) is 0 Å². The maximum absolute atomic E-state index is 13.5. The van der Waals surface area contributed by atoms with E-state index in [2.05, 4.69) is 0 Å². The second-order valence-electron chi connectivity index (χ2n) is 4.57. The zero-order valence-electron chi connectivity index (χ0n) is 9.66. The molecule has 2 atom stereocenters. The summed E-state index contributed by atoms with van der Waals surface area (Å²) in [6.45, 7) is 0.822. The highest BCUT2D eigenvalue weighted by atomic mass is 35.5. The molecule has 2 nitrogen and oxygen atoms in total. The van der Waals surface area contributed by atoms with Crippen molar-refractivity contribution in [3.63, 3.8) is 0 Å². The van der Waals surface area contributed by atoms with E-state index in [9.17, 15) is 4.39 Å². The molecular formula is C13H17ClFNO. The summed E-state index contributed by atoms with van der Waals surface area (Å²) in [5.41, 5.74) is 6.60. The molecule has 0 spiro atoms. The molecule has 0 radical (unpaired) electrons. The molecule has 4 heteroatoms. The lowest BCUT2D eigenvalue weighted by Crippen LogP contribution is -2.28. The molecule has 0 amide bonds. The Balaban J connectivity index is 1.92. The summed E-state index contributed by atoms with van der Waals surface area (Å²) < 4.78 is 19.0. The van der Waals surface area contributed by atoms with Crippen molar-refractivity contribution in [3.05, 3.63) is 34.6 Å². The Kier molecular flexibility index (Phi) is 4.37. The van der Waals surface area contributed by atoms with Gasteiger partial charge in [-0.05, 0) is 49.4 Å². The number of benzene rings is 1. The first-order valence-electron chi connectivity index (χ1n) is 5.96. The van der Waals surface area contributed by atoms with Crippen LogP contribution in [-0.2, 0) is 11.2 Å². The number of hydrogen-bond donors (Lipinski definition) is 1. The number of ether oxygens (including phenoxy) is 1. The van der Waals surface area contributed by atoms with Gasteiger partial charge in [0.2, 0.25) is 0 Å². The second kappa shape index (κ2) is 5.80. The quantitative estimate of drug-likeness (QED) is 0.900. The highest BCUT2D eigenvalue weighted by molar-refractivity contribution is 6.30. The molecule has 1 aliphatic heterocycles. The third-order valence-electron chi connectivity index (χ3n) is 3.08. The molecule has 1 aromatic carbocycles. The molecule has 1 aromatic rings. The Morgan fingerprint density at radius 3 is 3.06 bits per heavy atom. The molecule has 0 saturated carbocycles. The van der Waals surface area contributed by atoms with Gasteiger partial charge in [-0.15, -0.1) is 0 Å². The molecule has 94 valence electrons. The van der Waals surface area contributed by atoms with Crippen molar-refractivity contribution in [2.45, 2.75) is 37.8 Å². The average Bonchev–Trinajstić information content (AvgIpc) is 2.76. The Bertz CT molecular complexity index is 380. The predicted molar refractivity (Wildman–Crippen MR) is 66.7 cm³/mol. The summed E-state index contributed by atoms with van der Waals surface area (Å²) in [6.07, 6.45) is 3.69. The molecule has 1 heterocycles. The van der Waals surface area contributed by atoms with E-state index in [0.29, 0.717) is 17.0 Å². The lowest BCUT2D eigenvalue weighted by Gasteiger charge is -2.16. The van der Waals surface area contributed by atoms with E-state index >= 15 is 0 Å². The van der Waals surface area contributed by atoms with Crippen LogP contribution in [-0.4, -0.2) is 18.8 Å². The largest absolute Gasteiger partial charge is 0.378 e. The van der Waals surface area contributed by atoms with Gasteiger partial charge >= 0.3 is 0 Å². The van der Waals surface area contributed by atoms with E-state index in [0.717, 1.165) is 25.9 Å². The summed E-state index contributed by atoms with van der Waals surface area (Å²) in [6, 6.07) is 4.50. The van der Waals surface area contributed by atoms with Crippen LogP contribution in [0.1, 0.15) is 24.8 Å². The van der Waals surface area contributed by atoms with E-state index in [4.69, 9.17) is 22.1 Å². The minimum absolute atomic E-state index is 0.0777. The summed E-state index contributed by atoms with van der Waals surface area (Å²) in [7, 11) is 0. The highest BCUT2D eigenvalue weighted by Gasteiger charge is 2.19. The molecule has 0 bridgehead atoms. The van der Waals surface area contributed by atoms with Crippen LogP contribution < -0.4 is 5.73 Å². The smallest absolute Gasteiger partial charge is 0.126 e. The topological polar surface area (TPSA) is 35.2 Å². The molecule has 1 fully saturated rings. The van der Waals surface area contributed by atoms with Crippen LogP contribution in [0.25, 0.3) is 0 Å². The fraction of sp³-hybridized carbons (Fsp3) is 0.538. The number of rotatable bonds is 4. The van der Waals surface area contributed by atoms with Gasteiger partial charge in [0, 0.05) is 17.7 Å². The Labute approximate surface area is 106 Å². The Hall–Kier alpha value is -0.640. The number of nitrogens with two attached hydrogens (primary N) is 1. The molecule has 1 aliphatic rings. The van der Waals surface area contributed by atoms with Crippen LogP contribution in [0.5, 0.6) is 0 Å². The van der Waals surface area contributed by atoms with Crippen molar-refractivity contribution < 1.29 is 9.13 Å². The maximum Gasteiger partial charge on any atom is 0.126 e. The first-order valence-corrected chi connectivity index (χ1v) is 6.34. The van der Waals surface area contributed by atoms with Crippen molar-refractivity contribution in [1.29, 1.82) is 0 Å². The fourth-order valence-electron chi connectivity index (χ4n) is 2.23. The van der Waals surface area contributed by atoms with Gasteiger partial charge in [-0.2, -0.15) is 0 Å². The monoisotopic (exact) mass is 257 g/mol. The van der Waals surface area contributed by atoms with Crippen molar-refractivity contribution >= 4 is 11.6 Å². The lowest BCUT2D eigenvalue weighted by atomic mass is 10.00. The number of halogens is 2. The van der Waals surface area contributed by atoms with Crippen molar-refractivity contribution in [3.8, 4) is 0 Å². The summed E-state index contributed by atoms with van der Waals surface area (Å²) in [5.74, 6) is -0.239. The zero-order chi connectivity index (χ0) is 12.3. The van der Waals surface area contributed by atoms with Crippen LogP contribution >= 0.6 is 11.6 Å². The molecule has 0 aromatic heterocycles. The molecule has 2 unspecified atom stereocenters. The molecule has 2 rings (SSSR count). The zero-order valence-corrected chi connectivity index (χ0v) is 10.4. The fourth-order valence-corrected chi connectivity index (χ4v) is 2.43. The third-order valence-corrected chi connectivity index (χ3v) is 3.31. The van der Waals surface area contributed by atoms with E-state index in [1.165, 1.54) is 6.07 Å². The minimum atomic E-state index is -0.239. The SMILES string of the molecule is NC(Cc1cc(Cl)ccc1F)CC1CCCO1. The van der Waals surface area contributed by atoms with E-state index in [-0.39, 0.29) is 18.0 Å². The van der Waals surface area contributed by atoms with Crippen LogP contribution in [0.4, 0.5) is 4.39 Å². The molecule has 17 heavy (non-hydrogen) atoms.